The third-order valence-electron chi connectivity index (χ3n) is 4.44. The maximum Gasteiger partial charge on any atom is 0.337 e. The first kappa shape index (κ1) is 14.8. The quantitative estimate of drug-likeness (QED) is 0.854. The highest BCUT2D eigenvalue weighted by Gasteiger charge is 2.27. The Morgan fingerprint density at radius 2 is 2.10 bits per heavy atom. The summed E-state index contributed by atoms with van der Waals surface area (Å²) >= 11 is 0. The van der Waals surface area contributed by atoms with Crippen molar-refractivity contribution in [3.63, 3.8) is 0 Å². The smallest absolute Gasteiger partial charge is 0.337 e. The van der Waals surface area contributed by atoms with Gasteiger partial charge in [-0.05, 0) is 36.5 Å². The zero-order valence-corrected chi connectivity index (χ0v) is 12.3. The second kappa shape index (κ2) is 6.25. The molecule has 0 saturated heterocycles. The lowest BCUT2D eigenvalue weighted by Crippen LogP contribution is -2.35. The van der Waals surface area contributed by atoms with Gasteiger partial charge < -0.3 is 10.1 Å². The molecule has 0 heterocycles. The normalized spacial score (nSPS) is 26.1. The van der Waals surface area contributed by atoms with Gasteiger partial charge in [-0.3, -0.25) is 0 Å². The van der Waals surface area contributed by atoms with Crippen molar-refractivity contribution in [2.45, 2.75) is 39.2 Å². The molecule has 20 heavy (non-hydrogen) atoms. The first-order valence-corrected chi connectivity index (χ1v) is 7.17. The third-order valence-corrected chi connectivity index (χ3v) is 4.44. The molecule has 1 N–H and O–H groups in total. The molecule has 1 saturated carbocycles. The van der Waals surface area contributed by atoms with E-state index in [4.69, 9.17) is 0 Å². The molecule has 3 unspecified atom stereocenters. The Bertz CT molecular complexity index is 489. The molecule has 0 aliphatic heterocycles. The number of benzene rings is 1. The van der Waals surface area contributed by atoms with Gasteiger partial charge in [-0.2, -0.15) is 0 Å². The number of anilines is 1. The number of carbonyl (C=O) groups is 1. The lowest BCUT2D eigenvalue weighted by atomic mass is 9.78. The second-order valence-corrected chi connectivity index (χ2v) is 5.70. The summed E-state index contributed by atoms with van der Waals surface area (Å²) in [5.41, 5.74) is 0.756. The van der Waals surface area contributed by atoms with E-state index in [2.05, 4.69) is 23.9 Å². The maximum atomic E-state index is 13.9. The highest BCUT2D eigenvalue weighted by Crippen LogP contribution is 2.32. The van der Waals surface area contributed by atoms with Crippen molar-refractivity contribution in [1.29, 1.82) is 0 Å². The van der Waals surface area contributed by atoms with Crippen LogP contribution in [0, 0.1) is 17.7 Å². The zero-order chi connectivity index (χ0) is 14.7. The molecule has 0 radical (unpaired) electrons. The molecular formula is C16H22FNO2. The summed E-state index contributed by atoms with van der Waals surface area (Å²) in [7, 11) is 1.32. The van der Waals surface area contributed by atoms with E-state index in [9.17, 15) is 9.18 Å². The molecule has 0 aromatic heterocycles. The topological polar surface area (TPSA) is 38.3 Å². The summed E-state index contributed by atoms with van der Waals surface area (Å²) in [5.74, 6) is 0.347. The van der Waals surface area contributed by atoms with E-state index in [-0.39, 0.29) is 11.9 Å². The van der Waals surface area contributed by atoms with E-state index in [1.54, 1.807) is 0 Å². The summed E-state index contributed by atoms with van der Waals surface area (Å²) in [4.78, 5) is 11.5. The van der Waals surface area contributed by atoms with E-state index >= 15 is 0 Å². The van der Waals surface area contributed by atoms with E-state index in [1.165, 1.54) is 31.7 Å². The third kappa shape index (κ3) is 3.11. The fourth-order valence-corrected chi connectivity index (χ4v) is 2.87. The summed E-state index contributed by atoms with van der Waals surface area (Å²) in [6, 6.07) is 4.54. The monoisotopic (exact) mass is 279 g/mol. The van der Waals surface area contributed by atoms with Crippen LogP contribution < -0.4 is 5.32 Å². The van der Waals surface area contributed by atoms with Crippen LogP contribution in [0.4, 0.5) is 10.1 Å². The molecule has 1 fully saturated rings. The van der Waals surface area contributed by atoms with Gasteiger partial charge in [0.25, 0.3) is 0 Å². The molecule has 0 spiro atoms. The van der Waals surface area contributed by atoms with Crippen molar-refractivity contribution in [3.8, 4) is 0 Å². The van der Waals surface area contributed by atoms with Crippen LogP contribution in [0.5, 0.6) is 0 Å². The molecule has 2 rings (SSSR count). The van der Waals surface area contributed by atoms with Gasteiger partial charge in [0, 0.05) is 6.04 Å². The predicted octanol–water partition coefficient (Wildman–Crippen LogP) is 3.85. The van der Waals surface area contributed by atoms with Gasteiger partial charge in [-0.1, -0.05) is 26.7 Å². The summed E-state index contributed by atoms with van der Waals surface area (Å²) in [6.07, 6.45) is 3.42. The average molecular weight is 279 g/mol. The number of rotatable bonds is 3. The van der Waals surface area contributed by atoms with Crippen molar-refractivity contribution >= 4 is 11.7 Å². The molecule has 0 bridgehead atoms. The lowest BCUT2D eigenvalue weighted by Gasteiger charge is -2.35. The lowest BCUT2D eigenvalue weighted by molar-refractivity contribution is 0.0600. The maximum absolute atomic E-state index is 13.9. The molecule has 1 aliphatic rings. The molecule has 4 heteroatoms. The molecule has 1 aromatic carbocycles. The minimum absolute atomic E-state index is 0.251. The summed E-state index contributed by atoms with van der Waals surface area (Å²) < 4.78 is 18.6. The Hall–Kier alpha value is -1.58. The molecule has 110 valence electrons. The zero-order valence-electron chi connectivity index (χ0n) is 12.3. The highest BCUT2D eigenvalue weighted by molar-refractivity contribution is 5.90. The van der Waals surface area contributed by atoms with Crippen LogP contribution in [0.1, 0.15) is 43.5 Å². The molecule has 1 aliphatic carbocycles. The van der Waals surface area contributed by atoms with Gasteiger partial charge in [-0.25, -0.2) is 9.18 Å². The van der Waals surface area contributed by atoms with Gasteiger partial charge >= 0.3 is 5.97 Å². The Kier molecular flexibility index (Phi) is 4.63. The highest BCUT2D eigenvalue weighted by atomic mass is 19.1. The standard InChI is InChI=1S/C16H22FNO2/c1-10-5-4-6-14(11(10)2)18-15-9-12(16(19)20-3)7-8-13(15)17/h7-11,14,18H,4-6H2,1-3H3. The van der Waals surface area contributed by atoms with Crippen LogP contribution in [0.25, 0.3) is 0 Å². The SMILES string of the molecule is COC(=O)c1ccc(F)c(NC2CCCC(C)C2C)c1. The Morgan fingerprint density at radius 1 is 1.35 bits per heavy atom. The molecule has 3 nitrogen and oxygen atoms in total. The van der Waals surface area contributed by atoms with E-state index < -0.39 is 5.97 Å². The second-order valence-electron chi connectivity index (χ2n) is 5.70. The number of methoxy groups -OCH3 is 1. The minimum Gasteiger partial charge on any atom is -0.465 e. The number of carbonyl (C=O) groups excluding carboxylic acids is 1. The molecular weight excluding hydrogens is 257 g/mol. The molecule has 0 amide bonds. The summed E-state index contributed by atoms with van der Waals surface area (Å²) in [6.45, 7) is 4.43. The number of hydrogen-bond donors (Lipinski definition) is 1. The van der Waals surface area contributed by atoms with Crippen molar-refractivity contribution in [2.24, 2.45) is 11.8 Å². The van der Waals surface area contributed by atoms with Crippen molar-refractivity contribution in [2.75, 3.05) is 12.4 Å². The number of nitrogens with one attached hydrogen (secondary N) is 1. The Morgan fingerprint density at radius 3 is 2.80 bits per heavy atom. The first-order chi connectivity index (χ1) is 9.52. The van der Waals surface area contributed by atoms with E-state index in [0.29, 0.717) is 23.1 Å². The Labute approximate surface area is 119 Å². The van der Waals surface area contributed by atoms with Crippen LogP contribution in [0.15, 0.2) is 18.2 Å². The van der Waals surface area contributed by atoms with Gasteiger partial charge in [0.1, 0.15) is 5.82 Å². The van der Waals surface area contributed by atoms with Crippen molar-refractivity contribution in [1.82, 2.24) is 0 Å². The number of hydrogen-bond acceptors (Lipinski definition) is 3. The fraction of sp³-hybridized carbons (Fsp3) is 0.562. The largest absolute Gasteiger partial charge is 0.465 e. The van der Waals surface area contributed by atoms with Crippen LogP contribution in [-0.2, 0) is 4.74 Å². The number of ether oxygens (including phenoxy) is 1. The fourth-order valence-electron chi connectivity index (χ4n) is 2.87. The van der Waals surface area contributed by atoms with Gasteiger partial charge in [0.05, 0.1) is 18.4 Å². The van der Waals surface area contributed by atoms with Gasteiger partial charge in [0.2, 0.25) is 0 Å². The van der Waals surface area contributed by atoms with Gasteiger partial charge in [0.15, 0.2) is 0 Å². The predicted molar refractivity (Wildman–Crippen MR) is 77.3 cm³/mol. The van der Waals surface area contributed by atoms with Crippen LogP contribution >= 0.6 is 0 Å². The van der Waals surface area contributed by atoms with Crippen molar-refractivity contribution < 1.29 is 13.9 Å². The summed E-state index contributed by atoms with van der Waals surface area (Å²) in [5, 5.41) is 3.27. The van der Waals surface area contributed by atoms with E-state index in [1.807, 2.05) is 0 Å². The first-order valence-electron chi connectivity index (χ1n) is 7.17. The number of esters is 1. The minimum atomic E-state index is -0.446. The number of halogens is 1. The Balaban J connectivity index is 2.17. The molecule has 3 atom stereocenters. The van der Waals surface area contributed by atoms with E-state index in [0.717, 1.165) is 12.8 Å². The van der Waals surface area contributed by atoms with Crippen LogP contribution in [-0.4, -0.2) is 19.1 Å². The van der Waals surface area contributed by atoms with Crippen LogP contribution in [0.2, 0.25) is 0 Å². The van der Waals surface area contributed by atoms with Crippen LogP contribution in [0.3, 0.4) is 0 Å². The van der Waals surface area contributed by atoms with Crippen molar-refractivity contribution in [3.05, 3.63) is 29.6 Å². The van der Waals surface area contributed by atoms with Gasteiger partial charge in [-0.15, -0.1) is 0 Å². The molecule has 1 aromatic rings. The average Bonchev–Trinajstić information content (AvgIpc) is 2.45.